The highest BCUT2D eigenvalue weighted by Gasteiger charge is 2.17. The van der Waals surface area contributed by atoms with Crippen molar-refractivity contribution in [1.29, 1.82) is 0 Å². The van der Waals surface area contributed by atoms with Gasteiger partial charge in [0.2, 0.25) is 0 Å². The van der Waals surface area contributed by atoms with Crippen LogP contribution in [0.3, 0.4) is 0 Å². The van der Waals surface area contributed by atoms with E-state index in [9.17, 15) is 4.79 Å². The number of hydrogen-bond donors (Lipinski definition) is 1. The molecule has 0 radical (unpaired) electrons. The molecule has 0 saturated carbocycles. The molecule has 1 N–H and O–H groups in total. The lowest BCUT2D eigenvalue weighted by molar-refractivity contribution is 0.0976. The van der Waals surface area contributed by atoms with E-state index >= 15 is 0 Å². The fourth-order valence-corrected chi connectivity index (χ4v) is 3.05. The van der Waals surface area contributed by atoms with Gasteiger partial charge in [-0.05, 0) is 41.8 Å². The van der Waals surface area contributed by atoms with Crippen molar-refractivity contribution >= 4 is 11.5 Å². The first kappa shape index (κ1) is 18.7. The second kappa shape index (κ2) is 9.04. The first-order chi connectivity index (χ1) is 13.2. The molecule has 1 atom stereocenters. The summed E-state index contributed by atoms with van der Waals surface area (Å²) in [5, 5.41) is 3.52. The van der Waals surface area contributed by atoms with Crippen molar-refractivity contribution in [3.63, 3.8) is 0 Å². The maximum atomic E-state index is 12.8. The van der Waals surface area contributed by atoms with Gasteiger partial charge in [-0.25, -0.2) is 0 Å². The van der Waals surface area contributed by atoms with Crippen LogP contribution >= 0.6 is 0 Å². The Morgan fingerprint density at radius 2 is 1.59 bits per heavy atom. The van der Waals surface area contributed by atoms with E-state index in [0.717, 1.165) is 29.0 Å². The summed E-state index contributed by atoms with van der Waals surface area (Å²) in [6.45, 7) is 2.14. The minimum Gasteiger partial charge on any atom is -0.497 e. The maximum absolute atomic E-state index is 12.8. The molecule has 0 aliphatic carbocycles. The van der Waals surface area contributed by atoms with Gasteiger partial charge in [-0.15, -0.1) is 0 Å². The van der Waals surface area contributed by atoms with Crippen molar-refractivity contribution < 1.29 is 9.53 Å². The number of anilines is 1. The van der Waals surface area contributed by atoms with E-state index in [4.69, 9.17) is 4.74 Å². The van der Waals surface area contributed by atoms with Crippen LogP contribution in [-0.4, -0.2) is 12.9 Å². The average molecular weight is 359 g/mol. The predicted molar refractivity (Wildman–Crippen MR) is 111 cm³/mol. The predicted octanol–water partition coefficient (Wildman–Crippen LogP) is 5.68. The van der Waals surface area contributed by atoms with Crippen LogP contribution in [-0.2, 0) is 6.42 Å². The fourth-order valence-electron chi connectivity index (χ4n) is 3.05. The van der Waals surface area contributed by atoms with Crippen molar-refractivity contribution in [2.45, 2.75) is 25.8 Å². The number of carbonyl (C=O) groups is 1. The molecule has 0 unspecified atom stereocenters. The lowest BCUT2D eigenvalue weighted by Gasteiger charge is -2.20. The van der Waals surface area contributed by atoms with Crippen LogP contribution in [0.15, 0.2) is 78.9 Å². The Morgan fingerprint density at radius 1 is 0.926 bits per heavy atom. The van der Waals surface area contributed by atoms with E-state index in [2.05, 4.69) is 36.5 Å². The number of carbonyl (C=O) groups excluding carboxylic acids is 1. The van der Waals surface area contributed by atoms with Crippen LogP contribution < -0.4 is 10.1 Å². The summed E-state index contributed by atoms with van der Waals surface area (Å²) in [5.74, 6) is 0.924. The van der Waals surface area contributed by atoms with Gasteiger partial charge < -0.3 is 10.1 Å². The number of ether oxygens (including phenoxy) is 1. The number of benzene rings is 3. The van der Waals surface area contributed by atoms with E-state index in [1.54, 1.807) is 7.11 Å². The van der Waals surface area contributed by atoms with Gasteiger partial charge in [0.1, 0.15) is 5.75 Å². The zero-order valence-corrected chi connectivity index (χ0v) is 15.8. The van der Waals surface area contributed by atoms with Crippen LogP contribution in [0.1, 0.15) is 40.9 Å². The lowest BCUT2D eigenvalue weighted by atomic mass is 9.97. The van der Waals surface area contributed by atoms with E-state index in [1.165, 1.54) is 5.56 Å². The van der Waals surface area contributed by atoms with E-state index < -0.39 is 0 Å². The van der Waals surface area contributed by atoms with Crippen molar-refractivity contribution in [2.24, 2.45) is 0 Å². The van der Waals surface area contributed by atoms with Crippen LogP contribution in [0, 0.1) is 0 Å². The summed E-state index contributed by atoms with van der Waals surface area (Å²) in [6.07, 6.45) is 1.39. The molecular weight excluding hydrogens is 334 g/mol. The molecule has 3 heteroatoms. The molecule has 0 fully saturated rings. The molecule has 0 aliphatic heterocycles. The molecule has 27 heavy (non-hydrogen) atoms. The van der Waals surface area contributed by atoms with Crippen molar-refractivity contribution in [3.05, 3.63) is 95.6 Å². The van der Waals surface area contributed by atoms with Crippen molar-refractivity contribution in [3.8, 4) is 5.75 Å². The SMILES string of the molecule is CCc1ccc(N[C@H](CC(=O)c2ccccc2)c2ccc(OC)cc2)cc1. The van der Waals surface area contributed by atoms with Gasteiger partial charge in [0.25, 0.3) is 0 Å². The summed E-state index contributed by atoms with van der Waals surface area (Å²) in [5.41, 5.74) is 4.09. The van der Waals surface area contributed by atoms with Gasteiger partial charge >= 0.3 is 0 Å². The first-order valence-corrected chi connectivity index (χ1v) is 9.27. The highest BCUT2D eigenvalue weighted by atomic mass is 16.5. The zero-order chi connectivity index (χ0) is 19.1. The molecule has 0 aliphatic rings. The fraction of sp³-hybridized carbons (Fsp3) is 0.208. The molecule has 138 valence electrons. The number of hydrogen-bond acceptors (Lipinski definition) is 3. The smallest absolute Gasteiger partial charge is 0.165 e. The number of methoxy groups -OCH3 is 1. The zero-order valence-electron chi connectivity index (χ0n) is 15.8. The molecule has 0 amide bonds. The Bertz CT molecular complexity index is 855. The van der Waals surface area contributed by atoms with E-state index in [0.29, 0.717) is 6.42 Å². The largest absolute Gasteiger partial charge is 0.497 e. The van der Waals surface area contributed by atoms with Gasteiger partial charge in [-0.1, -0.05) is 61.5 Å². The van der Waals surface area contributed by atoms with Gasteiger partial charge in [0.15, 0.2) is 5.78 Å². The van der Waals surface area contributed by atoms with Gasteiger partial charge in [0.05, 0.1) is 13.2 Å². The summed E-state index contributed by atoms with van der Waals surface area (Å²) in [7, 11) is 1.65. The Labute approximate surface area is 161 Å². The molecule has 0 heterocycles. The molecular formula is C24H25NO2. The number of Topliss-reactive ketones (excluding diaryl/α,β-unsaturated/α-hetero) is 1. The first-order valence-electron chi connectivity index (χ1n) is 9.27. The topological polar surface area (TPSA) is 38.3 Å². The lowest BCUT2D eigenvalue weighted by Crippen LogP contribution is -2.16. The van der Waals surface area contributed by atoms with Crippen LogP contribution in [0.2, 0.25) is 0 Å². The molecule has 3 rings (SSSR count). The highest BCUT2D eigenvalue weighted by molar-refractivity contribution is 5.96. The van der Waals surface area contributed by atoms with Crippen molar-refractivity contribution in [1.82, 2.24) is 0 Å². The Hall–Kier alpha value is -3.07. The molecule has 3 nitrogen and oxygen atoms in total. The van der Waals surface area contributed by atoms with Crippen molar-refractivity contribution in [2.75, 3.05) is 12.4 Å². The molecule has 3 aromatic carbocycles. The van der Waals surface area contributed by atoms with E-state index in [1.807, 2.05) is 54.6 Å². The maximum Gasteiger partial charge on any atom is 0.165 e. The second-order valence-corrected chi connectivity index (χ2v) is 6.51. The van der Waals surface area contributed by atoms with Crippen LogP contribution in [0.25, 0.3) is 0 Å². The molecule has 0 saturated heterocycles. The molecule has 0 spiro atoms. The molecule has 3 aromatic rings. The monoisotopic (exact) mass is 359 g/mol. The standard InChI is InChI=1S/C24H25NO2/c1-3-18-9-13-21(14-10-18)25-23(19-11-15-22(27-2)16-12-19)17-24(26)20-7-5-4-6-8-20/h4-16,23,25H,3,17H2,1-2H3/t23-/m1/s1. The summed E-state index contributed by atoms with van der Waals surface area (Å²) >= 11 is 0. The Kier molecular flexibility index (Phi) is 6.26. The van der Waals surface area contributed by atoms with Gasteiger partial charge in [0, 0.05) is 17.7 Å². The number of aryl methyl sites for hydroxylation is 1. The van der Waals surface area contributed by atoms with Gasteiger partial charge in [-0.2, -0.15) is 0 Å². The normalized spacial score (nSPS) is 11.6. The van der Waals surface area contributed by atoms with Crippen LogP contribution in [0.4, 0.5) is 5.69 Å². The average Bonchev–Trinajstić information content (AvgIpc) is 2.74. The quantitative estimate of drug-likeness (QED) is 0.526. The van der Waals surface area contributed by atoms with Crippen LogP contribution in [0.5, 0.6) is 5.75 Å². The minimum absolute atomic E-state index is 0.115. The molecule has 0 bridgehead atoms. The third-order valence-electron chi connectivity index (χ3n) is 4.71. The minimum atomic E-state index is -0.115. The third kappa shape index (κ3) is 4.98. The second-order valence-electron chi connectivity index (χ2n) is 6.51. The highest BCUT2D eigenvalue weighted by Crippen LogP contribution is 2.26. The number of rotatable bonds is 8. The Balaban J connectivity index is 1.83. The summed E-state index contributed by atoms with van der Waals surface area (Å²) in [4.78, 5) is 12.8. The van der Waals surface area contributed by atoms with E-state index in [-0.39, 0.29) is 11.8 Å². The number of nitrogens with one attached hydrogen (secondary N) is 1. The third-order valence-corrected chi connectivity index (χ3v) is 4.71. The Morgan fingerprint density at radius 3 is 2.19 bits per heavy atom. The summed E-state index contributed by atoms with van der Waals surface area (Å²) in [6, 6.07) is 25.6. The molecule has 0 aromatic heterocycles. The number of ketones is 1. The summed E-state index contributed by atoms with van der Waals surface area (Å²) < 4.78 is 5.26. The van der Waals surface area contributed by atoms with Gasteiger partial charge in [-0.3, -0.25) is 4.79 Å².